The summed E-state index contributed by atoms with van der Waals surface area (Å²) in [6, 6.07) is 7.84. The molecule has 1 aromatic carbocycles. The van der Waals surface area contributed by atoms with E-state index in [-0.39, 0.29) is 0 Å². The van der Waals surface area contributed by atoms with Crippen molar-refractivity contribution in [2.45, 2.75) is 0 Å². The molecule has 0 aliphatic rings. The van der Waals surface area contributed by atoms with E-state index in [9.17, 15) is 4.79 Å². The third-order valence-electron chi connectivity index (χ3n) is 2.33. The molecule has 3 heteroatoms. The van der Waals surface area contributed by atoms with Gasteiger partial charge in [0.2, 0.25) is 0 Å². The number of fused-ring (bicyclic) bond motifs is 1. The van der Waals surface area contributed by atoms with E-state index in [0.29, 0.717) is 0 Å². The molecule has 1 aromatic heterocycles. The average Bonchev–Trinajstić information content (AvgIpc) is 2.58. The lowest BCUT2D eigenvalue weighted by Gasteiger charge is -2.00. The Bertz CT molecular complexity index is 538. The number of aliphatic carboxylic acids is 1. The first kappa shape index (κ1) is 9.52. The molecule has 2 aromatic rings. The van der Waals surface area contributed by atoms with Crippen molar-refractivity contribution in [3.8, 4) is 0 Å². The van der Waals surface area contributed by atoms with Crippen LogP contribution in [0.2, 0.25) is 0 Å². The second kappa shape index (κ2) is 3.61. The first-order chi connectivity index (χ1) is 7.18. The van der Waals surface area contributed by atoms with E-state index >= 15 is 0 Å². The molecule has 0 saturated carbocycles. The van der Waals surface area contributed by atoms with E-state index in [1.165, 1.54) is 0 Å². The maximum absolute atomic E-state index is 10.4. The number of para-hydroxylation sites is 1. The lowest BCUT2D eigenvalue weighted by molar-refractivity contribution is -0.131. The van der Waals surface area contributed by atoms with Crippen LogP contribution in [0.3, 0.4) is 0 Å². The first-order valence-corrected chi connectivity index (χ1v) is 4.63. The molecule has 0 spiro atoms. The second-order valence-corrected chi connectivity index (χ2v) is 3.38. The highest BCUT2D eigenvalue weighted by molar-refractivity contribution is 5.92. The van der Waals surface area contributed by atoms with Crippen molar-refractivity contribution in [3.63, 3.8) is 0 Å². The summed E-state index contributed by atoms with van der Waals surface area (Å²) in [5, 5.41) is 9.69. The van der Waals surface area contributed by atoms with Crippen molar-refractivity contribution in [1.29, 1.82) is 0 Å². The highest BCUT2D eigenvalue weighted by Gasteiger charge is 2.01. The van der Waals surface area contributed by atoms with E-state index in [1.54, 1.807) is 6.08 Å². The Balaban J connectivity index is 2.59. The number of hydrogen-bond acceptors (Lipinski definition) is 1. The smallest absolute Gasteiger partial charge is 0.328 e. The molecule has 1 heterocycles. The monoisotopic (exact) mass is 201 g/mol. The standard InChI is InChI=1S/C12H11NO2/c1-13-8-7-10-4-2-3-9(12(10)13)5-6-11(14)15/h2-8H,1H3,(H,14,15). The molecule has 15 heavy (non-hydrogen) atoms. The van der Waals surface area contributed by atoms with Gasteiger partial charge < -0.3 is 9.67 Å². The van der Waals surface area contributed by atoms with E-state index < -0.39 is 5.97 Å². The number of benzene rings is 1. The Labute approximate surface area is 87.3 Å². The van der Waals surface area contributed by atoms with E-state index in [0.717, 1.165) is 22.5 Å². The SMILES string of the molecule is Cn1ccc2cccc(C=CC(=O)O)c21. The summed E-state index contributed by atoms with van der Waals surface area (Å²) < 4.78 is 1.98. The molecule has 0 fully saturated rings. The number of nitrogens with zero attached hydrogens (tertiary/aromatic N) is 1. The van der Waals surface area contributed by atoms with Gasteiger partial charge in [-0.2, -0.15) is 0 Å². The highest BCUT2D eigenvalue weighted by Crippen LogP contribution is 2.20. The number of carboxylic acids is 1. The third-order valence-corrected chi connectivity index (χ3v) is 2.33. The van der Waals surface area contributed by atoms with Crippen LogP contribution in [0.1, 0.15) is 5.56 Å². The Morgan fingerprint density at radius 3 is 2.93 bits per heavy atom. The van der Waals surface area contributed by atoms with Crippen LogP contribution in [0.5, 0.6) is 0 Å². The average molecular weight is 201 g/mol. The van der Waals surface area contributed by atoms with E-state index in [4.69, 9.17) is 5.11 Å². The van der Waals surface area contributed by atoms with E-state index in [2.05, 4.69) is 0 Å². The van der Waals surface area contributed by atoms with E-state index in [1.807, 2.05) is 42.1 Å². The van der Waals surface area contributed by atoms with Gasteiger partial charge in [0.25, 0.3) is 0 Å². The van der Waals surface area contributed by atoms with Gasteiger partial charge in [-0.15, -0.1) is 0 Å². The van der Waals surface area contributed by atoms with Crippen LogP contribution in [0.15, 0.2) is 36.5 Å². The fourth-order valence-electron chi connectivity index (χ4n) is 1.68. The number of carbonyl (C=O) groups is 1. The first-order valence-electron chi connectivity index (χ1n) is 4.63. The Morgan fingerprint density at radius 1 is 1.40 bits per heavy atom. The molecule has 1 N–H and O–H groups in total. The summed E-state index contributed by atoms with van der Waals surface area (Å²) in [5.41, 5.74) is 1.97. The minimum absolute atomic E-state index is 0.919. The Kier molecular flexibility index (Phi) is 2.29. The largest absolute Gasteiger partial charge is 0.478 e. The molecule has 76 valence electrons. The van der Waals surface area contributed by atoms with Crippen molar-refractivity contribution in [3.05, 3.63) is 42.1 Å². The molecule has 0 aliphatic carbocycles. The quantitative estimate of drug-likeness (QED) is 0.757. The van der Waals surface area contributed by atoms with Gasteiger partial charge >= 0.3 is 5.97 Å². The molecule has 0 unspecified atom stereocenters. The summed E-state index contributed by atoms with van der Waals surface area (Å²) in [7, 11) is 1.94. The van der Waals surface area contributed by atoms with Crippen molar-refractivity contribution >= 4 is 22.9 Å². The van der Waals surface area contributed by atoms with Crippen LogP contribution in [0, 0.1) is 0 Å². The Hall–Kier alpha value is -2.03. The van der Waals surface area contributed by atoms with Gasteiger partial charge in [0.15, 0.2) is 0 Å². The molecular weight excluding hydrogens is 190 g/mol. The number of carboxylic acid groups (broad SMARTS) is 1. The van der Waals surface area contributed by atoms with Crippen molar-refractivity contribution in [2.75, 3.05) is 0 Å². The minimum Gasteiger partial charge on any atom is -0.478 e. The van der Waals surface area contributed by atoms with Gasteiger partial charge in [-0.3, -0.25) is 0 Å². The van der Waals surface area contributed by atoms with Crippen molar-refractivity contribution in [1.82, 2.24) is 4.57 Å². The molecule has 3 nitrogen and oxygen atoms in total. The minimum atomic E-state index is -0.929. The van der Waals surface area contributed by atoms with Gasteiger partial charge in [0, 0.05) is 24.7 Å². The zero-order valence-corrected chi connectivity index (χ0v) is 8.34. The van der Waals surface area contributed by atoms with Gasteiger partial charge in [-0.1, -0.05) is 18.2 Å². The van der Waals surface area contributed by atoms with Crippen LogP contribution in [0.25, 0.3) is 17.0 Å². The second-order valence-electron chi connectivity index (χ2n) is 3.38. The lowest BCUT2D eigenvalue weighted by Crippen LogP contribution is -1.89. The van der Waals surface area contributed by atoms with Gasteiger partial charge in [0.05, 0.1) is 5.52 Å². The maximum Gasteiger partial charge on any atom is 0.328 e. The molecule has 0 saturated heterocycles. The predicted octanol–water partition coefficient (Wildman–Crippen LogP) is 2.28. The molecule has 0 radical (unpaired) electrons. The summed E-state index contributed by atoms with van der Waals surface area (Å²) in [5.74, 6) is -0.929. The van der Waals surface area contributed by atoms with Crippen LogP contribution in [-0.2, 0) is 11.8 Å². The number of rotatable bonds is 2. The third kappa shape index (κ3) is 1.76. The summed E-state index contributed by atoms with van der Waals surface area (Å²) in [6.07, 6.45) is 4.73. The van der Waals surface area contributed by atoms with Gasteiger partial charge in [-0.05, 0) is 17.7 Å². The van der Waals surface area contributed by atoms with Crippen molar-refractivity contribution in [2.24, 2.45) is 7.05 Å². The topological polar surface area (TPSA) is 42.2 Å². The normalized spacial score (nSPS) is 11.3. The molecule has 2 rings (SSSR count). The zero-order chi connectivity index (χ0) is 10.8. The van der Waals surface area contributed by atoms with Gasteiger partial charge in [-0.25, -0.2) is 4.79 Å². The predicted molar refractivity (Wildman–Crippen MR) is 59.6 cm³/mol. The highest BCUT2D eigenvalue weighted by atomic mass is 16.4. The van der Waals surface area contributed by atoms with Crippen LogP contribution in [0.4, 0.5) is 0 Å². The molecular formula is C12H11NO2. The summed E-state index contributed by atoms with van der Waals surface area (Å²) >= 11 is 0. The van der Waals surface area contributed by atoms with Crippen LogP contribution < -0.4 is 0 Å². The van der Waals surface area contributed by atoms with Crippen LogP contribution in [-0.4, -0.2) is 15.6 Å². The molecule has 0 amide bonds. The molecule has 0 aliphatic heterocycles. The maximum atomic E-state index is 10.4. The number of aryl methyl sites for hydroxylation is 1. The van der Waals surface area contributed by atoms with Gasteiger partial charge in [0.1, 0.15) is 0 Å². The Morgan fingerprint density at radius 2 is 2.20 bits per heavy atom. The fraction of sp³-hybridized carbons (Fsp3) is 0.0833. The zero-order valence-electron chi connectivity index (χ0n) is 8.34. The molecule has 0 bridgehead atoms. The van der Waals surface area contributed by atoms with Crippen molar-refractivity contribution < 1.29 is 9.90 Å². The van der Waals surface area contributed by atoms with Crippen LogP contribution >= 0.6 is 0 Å². The molecule has 0 atom stereocenters. The number of hydrogen-bond donors (Lipinski definition) is 1. The lowest BCUT2D eigenvalue weighted by atomic mass is 10.1. The number of aromatic nitrogens is 1. The summed E-state index contributed by atoms with van der Waals surface area (Å²) in [6.45, 7) is 0. The summed E-state index contributed by atoms with van der Waals surface area (Å²) in [4.78, 5) is 10.4. The fourth-order valence-corrected chi connectivity index (χ4v) is 1.68.